The van der Waals surface area contributed by atoms with Gasteiger partial charge < -0.3 is 4.90 Å². The molecule has 0 unspecified atom stereocenters. The minimum atomic E-state index is -0.971. The van der Waals surface area contributed by atoms with Crippen molar-refractivity contribution in [3.8, 4) is 0 Å². The fourth-order valence-corrected chi connectivity index (χ4v) is 2.17. The van der Waals surface area contributed by atoms with E-state index in [1.54, 1.807) is 7.05 Å². The summed E-state index contributed by atoms with van der Waals surface area (Å²) in [4.78, 5) is 49.9. The fourth-order valence-electron chi connectivity index (χ4n) is 2.17. The molecule has 0 aliphatic carbocycles. The van der Waals surface area contributed by atoms with E-state index < -0.39 is 30.3 Å². The van der Waals surface area contributed by atoms with E-state index in [9.17, 15) is 19.2 Å². The van der Waals surface area contributed by atoms with E-state index in [0.29, 0.717) is 9.80 Å². The van der Waals surface area contributed by atoms with Gasteiger partial charge in [-0.15, -0.1) is 0 Å². The van der Waals surface area contributed by atoms with Crippen LogP contribution < -0.4 is 0 Å². The lowest BCUT2D eigenvalue weighted by Gasteiger charge is -2.26. The van der Waals surface area contributed by atoms with Gasteiger partial charge in [-0.3, -0.25) is 19.3 Å². The van der Waals surface area contributed by atoms with Crippen molar-refractivity contribution in [2.45, 2.75) is 13.0 Å². The molecule has 1 atom stereocenters. The number of hydrogen-bond donors (Lipinski definition) is 0. The van der Waals surface area contributed by atoms with Gasteiger partial charge in [0.1, 0.15) is 6.54 Å². The summed E-state index contributed by atoms with van der Waals surface area (Å²) in [6, 6.07) is 8.40. The van der Waals surface area contributed by atoms with Crippen LogP contribution in [0.1, 0.15) is 18.5 Å². The quantitative estimate of drug-likeness (QED) is 0.603. The second-order valence-corrected chi connectivity index (χ2v) is 5.13. The minimum Gasteiger partial charge on any atom is -0.337 e. The van der Waals surface area contributed by atoms with Gasteiger partial charge in [0.15, 0.2) is 0 Å². The Morgan fingerprint density at radius 3 is 2.23 bits per heavy atom. The molecule has 7 nitrogen and oxygen atoms in total. The van der Waals surface area contributed by atoms with Crippen LogP contribution in [0.15, 0.2) is 30.3 Å². The highest BCUT2D eigenvalue weighted by Crippen LogP contribution is 2.19. The largest absolute Gasteiger partial charge is 0.337 e. The normalized spacial score (nSPS) is 16.2. The summed E-state index contributed by atoms with van der Waals surface area (Å²) < 4.78 is 0. The third kappa shape index (κ3) is 2.69. The van der Waals surface area contributed by atoms with Crippen LogP contribution in [0.5, 0.6) is 0 Å². The summed E-state index contributed by atoms with van der Waals surface area (Å²) in [5.41, 5.74) is 0.936. The molecule has 1 fully saturated rings. The lowest BCUT2D eigenvalue weighted by atomic mass is 10.1. The first-order valence-electron chi connectivity index (χ1n) is 6.78. The Kier molecular flexibility index (Phi) is 4.25. The van der Waals surface area contributed by atoms with Crippen molar-refractivity contribution in [2.75, 3.05) is 20.6 Å². The first kappa shape index (κ1) is 15.7. The zero-order valence-electron chi connectivity index (χ0n) is 12.6. The summed E-state index contributed by atoms with van der Waals surface area (Å²) in [7, 11) is 2.81. The van der Waals surface area contributed by atoms with Gasteiger partial charge in [0.2, 0.25) is 5.91 Å². The van der Waals surface area contributed by atoms with Crippen LogP contribution in [0.2, 0.25) is 0 Å². The molecule has 5 amide bonds. The maximum Gasteiger partial charge on any atom is 0.334 e. The van der Waals surface area contributed by atoms with Gasteiger partial charge in [0.05, 0.1) is 6.04 Å². The zero-order chi connectivity index (χ0) is 16.4. The van der Waals surface area contributed by atoms with E-state index in [2.05, 4.69) is 0 Å². The topological polar surface area (TPSA) is 78.0 Å². The Bertz CT molecular complexity index is 629. The van der Waals surface area contributed by atoms with Crippen LogP contribution in [0.4, 0.5) is 4.79 Å². The van der Waals surface area contributed by atoms with Crippen molar-refractivity contribution >= 4 is 23.8 Å². The van der Waals surface area contributed by atoms with E-state index in [0.717, 1.165) is 5.56 Å². The molecule has 1 aliphatic heterocycles. The molecule has 0 aromatic heterocycles. The Hall–Kier alpha value is -2.70. The van der Waals surface area contributed by atoms with E-state index in [4.69, 9.17) is 0 Å². The zero-order valence-corrected chi connectivity index (χ0v) is 12.6. The second-order valence-electron chi connectivity index (χ2n) is 5.13. The van der Waals surface area contributed by atoms with Gasteiger partial charge in [0.25, 0.3) is 0 Å². The Balaban J connectivity index is 2.08. The second kappa shape index (κ2) is 5.97. The molecule has 2 rings (SSSR count). The van der Waals surface area contributed by atoms with Gasteiger partial charge in [0, 0.05) is 14.1 Å². The monoisotopic (exact) mass is 303 g/mol. The molecule has 7 heteroatoms. The number of benzene rings is 1. The number of urea groups is 1. The number of rotatable bonds is 4. The smallest absolute Gasteiger partial charge is 0.334 e. The van der Waals surface area contributed by atoms with Gasteiger partial charge >= 0.3 is 17.8 Å². The van der Waals surface area contributed by atoms with Gasteiger partial charge in [-0.05, 0) is 12.5 Å². The Morgan fingerprint density at radius 1 is 1.14 bits per heavy atom. The van der Waals surface area contributed by atoms with E-state index in [1.165, 1.54) is 11.9 Å². The molecule has 0 saturated carbocycles. The summed E-state index contributed by atoms with van der Waals surface area (Å²) in [5, 5.41) is 0. The molecular weight excluding hydrogens is 286 g/mol. The third-order valence-electron chi connectivity index (χ3n) is 3.80. The number of nitrogens with zero attached hydrogens (tertiary/aromatic N) is 3. The molecular formula is C15H17N3O4. The van der Waals surface area contributed by atoms with E-state index >= 15 is 0 Å². The van der Waals surface area contributed by atoms with Crippen LogP contribution in [0.25, 0.3) is 0 Å². The van der Waals surface area contributed by atoms with Crippen LogP contribution in [-0.4, -0.2) is 59.1 Å². The number of imide groups is 2. The molecule has 1 heterocycles. The van der Waals surface area contributed by atoms with E-state index in [-0.39, 0.29) is 6.04 Å². The maximum absolute atomic E-state index is 12.3. The summed E-state index contributed by atoms with van der Waals surface area (Å²) in [6.45, 7) is 1.40. The molecule has 116 valence electrons. The summed E-state index contributed by atoms with van der Waals surface area (Å²) in [5.74, 6) is -2.31. The Morgan fingerprint density at radius 2 is 1.73 bits per heavy atom. The van der Waals surface area contributed by atoms with Gasteiger partial charge in [-0.1, -0.05) is 30.3 Å². The summed E-state index contributed by atoms with van der Waals surface area (Å²) in [6.07, 6.45) is 0. The van der Waals surface area contributed by atoms with Gasteiger partial charge in [-0.2, -0.15) is 0 Å². The highest BCUT2D eigenvalue weighted by atomic mass is 16.2. The number of amides is 5. The van der Waals surface area contributed by atoms with Crippen molar-refractivity contribution < 1.29 is 19.2 Å². The van der Waals surface area contributed by atoms with Crippen molar-refractivity contribution in [3.63, 3.8) is 0 Å². The molecule has 1 aromatic carbocycles. The first-order valence-corrected chi connectivity index (χ1v) is 6.78. The number of carbonyl (C=O) groups excluding carboxylic acids is 4. The lowest BCUT2D eigenvalue weighted by molar-refractivity contribution is -0.144. The molecule has 1 aromatic rings. The van der Waals surface area contributed by atoms with Crippen LogP contribution >= 0.6 is 0 Å². The highest BCUT2D eigenvalue weighted by Gasteiger charge is 2.43. The SMILES string of the molecule is C[C@H](c1ccccc1)N(C)C(=O)CN1C(=O)C(=O)N(C)C1=O. The Labute approximate surface area is 128 Å². The standard InChI is InChI=1S/C15H17N3O4/c1-10(11-7-5-4-6-8-11)16(2)12(19)9-18-14(21)13(20)17(3)15(18)22/h4-8,10H,9H2,1-3H3/t10-/m1/s1. The third-order valence-corrected chi connectivity index (χ3v) is 3.80. The number of hydrogen-bond acceptors (Lipinski definition) is 4. The van der Waals surface area contributed by atoms with Gasteiger partial charge in [-0.25, -0.2) is 9.69 Å². The highest BCUT2D eigenvalue weighted by molar-refractivity contribution is 6.44. The van der Waals surface area contributed by atoms with Crippen LogP contribution in [0, 0.1) is 0 Å². The molecule has 0 bridgehead atoms. The van der Waals surface area contributed by atoms with Crippen molar-refractivity contribution in [1.82, 2.24) is 14.7 Å². The molecule has 0 radical (unpaired) electrons. The molecule has 1 saturated heterocycles. The molecule has 22 heavy (non-hydrogen) atoms. The predicted molar refractivity (Wildman–Crippen MR) is 77.5 cm³/mol. The van der Waals surface area contributed by atoms with E-state index in [1.807, 2.05) is 37.3 Å². The lowest BCUT2D eigenvalue weighted by Crippen LogP contribution is -2.42. The average Bonchev–Trinajstić information content (AvgIpc) is 2.72. The fraction of sp³-hybridized carbons (Fsp3) is 0.333. The van der Waals surface area contributed by atoms with Crippen molar-refractivity contribution in [1.29, 1.82) is 0 Å². The minimum absolute atomic E-state index is 0.213. The van der Waals surface area contributed by atoms with Crippen LogP contribution in [0.3, 0.4) is 0 Å². The first-order chi connectivity index (χ1) is 10.3. The predicted octanol–water partition coefficient (Wildman–Crippen LogP) is 0.627. The number of likely N-dealkylation sites (N-methyl/N-ethyl adjacent to an activating group) is 2. The number of carbonyl (C=O) groups is 4. The summed E-state index contributed by atoms with van der Waals surface area (Å²) >= 11 is 0. The average molecular weight is 303 g/mol. The molecule has 0 N–H and O–H groups in total. The van der Waals surface area contributed by atoms with Crippen molar-refractivity contribution in [2.24, 2.45) is 0 Å². The molecule has 1 aliphatic rings. The molecule has 0 spiro atoms. The maximum atomic E-state index is 12.3. The van der Waals surface area contributed by atoms with Crippen LogP contribution in [-0.2, 0) is 14.4 Å². The van der Waals surface area contributed by atoms with Crippen molar-refractivity contribution in [3.05, 3.63) is 35.9 Å².